The molecule has 0 spiro atoms. The van der Waals surface area contributed by atoms with E-state index in [4.69, 9.17) is 10.2 Å². The zero-order valence-corrected chi connectivity index (χ0v) is 15.9. The van der Waals surface area contributed by atoms with E-state index in [0.717, 1.165) is 16.8 Å². The van der Waals surface area contributed by atoms with Gasteiger partial charge in [-0.15, -0.1) is 0 Å². The molecule has 1 aromatic heterocycles. The zero-order valence-electron chi connectivity index (χ0n) is 15.9. The first kappa shape index (κ1) is 19.2. The van der Waals surface area contributed by atoms with Gasteiger partial charge in [0, 0.05) is 24.7 Å². The van der Waals surface area contributed by atoms with E-state index in [2.05, 4.69) is 20.6 Å². The van der Waals surface area contributed by atoms with Gasteiger partial charge in [-0.3, -0.25) is 9.79 Å². The predicted molar refractivity (Wildman–Crippen MR) is 109 cm³/mol. The molecule has 0 saturated heterocycles. The molecule has 4 N–H and O–H groups in total. The van der Waals surface area contributed by atoms with E-state index in [1.54, 1.807) is 31.5 Å². The number of aromatic nitrogens is 1. The van der Waals surface area contributed by atoms with Crippen molar-refractivity contribution in [2.24, 2.45) is 10.7 Å². The maximum Gasteiger partial charge on any atom is 0.248 e. The summed E-state index contributed by atoms with van der Waals surface area (Å²) in [6, 6.07) is 15.2. The molecule has 7 nitrogen and oxygen atoms in total. The molecule has 144 valence electrons. The monoisotopic (exact) mass is 377 g/mol. The Hall–Kier alpha value is -3.61. The summed E-state index contributed by atoms with van der Waals surface area (Å²) in [6.07, 6.45) is 1.63. The van der Waals surface area contributed by atoms with Crippen molar-refractivity contribution in [1.29, 1.82) is 0 Å². The van der Waals surface area contributed by atoms with Gasteiger partial charge in [0.05, 0.1) is 12.2 Å². The van der Waals surface area contributed by atoms with Gasteiger partial charge in [-0.05, 0) is 36.8 Å². The van der Waals surface area contributed by atoms with E-state index in [1.807, 2.05) is 37.3 Å². The molecular weight excluding hydrogens is 354 g/mol. The summed E-state index contributed by atoms with van der Waals surface area (Å²) in [7, 11) is 1.69. The molecule has 0 unspecified atom stereocenters. The second-order valence-corrected chi connectivity index (χ2v) is 6.35. The van der Waals surface area contributed by atoms with Crippen LogP contribution < -0.4 is 16.4 Å². The first-order valence-electron chi connectivity index (χ1n) is 8.90. The third-order valence-electron chi connectivity index (χ3n) is 4.18. The molecule has 1 heterocycles. The molecule has 1 amide bonds. The largest absolute Gasteiger partial charge is 0.444 e. The van der Waals surface area contributed by atoms with Crippen LogP contribution in [0.15, 0.2) is 64.2 Å². The number of benzene rings is 2. The number of aliphatic imine (C=N–C) groups is 1. The highest BCUT2D eigenvalue weighted by molar-refractivity contribution is 5.92. The lowest BCUT2D eigenvalue weighted by molar-refractivity contribution is 0.1000. The molecule has 0 atom stereocenters. The summed E-state index contributed by atoms with van der Waals surface area (Å²) < 4.78 is 5.57. The van der Waals surface area contributed by atoms with E-state index < -0.39 is 5.91 Å². The van der Waals surface area contributed by atoms with Gasteiger partial charge < -0.3 is 20.8 Å². The Kier molecular flexibility index (Phi) is 6.06. The van der Waals surface area contributed by atoms with E-state index in [-0.39, 0.29) is 0 Å². The Morgan fingerprint density at radius 1 is 1.14 bits per heavy atom. The minimum Gasteiger partial charge on any atom is -0.444 e. The third-order valence-corrected chi connectivity index (χ3v) is 4.18. The lowest BCUT2D eigenvalue weighted by atomic mass is 10.1. The second-order valence-electron chi connectivity index (χ2n) is 6.35. The molecule has 3 aromatic rings. The summed E-state index contributed by atoms with van der Waals surface area (Å²) in [5.41, 5.74) is 9.63. The van der Waals surface area contributed by atoms with Crippen LogP contribution in [0.2, 0.25) is 0 Å². The van der Waals surface area contributed by atoms with Crippen molar-refractivity contribution in [3.8, 4) is 11.5 Å². The lowest BCUT2D eigenvalue weighted by Gasteiger charge is -2.11. The molecule has 0 bridgehead atoms. The molecule has 0 aliphatic heterocycles. The predicted octanol–water partition coefficient (Wildman–Crippen LogP) is 2.61. The number of primary amides is 1. The Morgan fingerprint density at radius 2 is 1.89 bits per heavy atom. The smallest absolute Gasteiger partial charge is 0.248 e. The van der Waals surface area contributed by atoms with Crippen LogP contribution in [0.3, 0.4) is 0 Å². The number of carbonyl (C=O) groups excluding carboxylic acids is 1. The highest BCUT2D eigenvalue weighted by Gasteiger charge is 2.08. The molecule has 0 fully saturated rings. The van der Waals surface area contributed by atoms with Gasteiger partial charge in [0.15, 0.2) is 5.96 Å². The van der Waals surface area contributed by atoms with E-state index in [1.165, 1.54) is 5.56 Å². The number of guanidine groups is 1. The van der Waals surface area contributed by atoms with Crippen LogP contribution in [0.25, 0.3) is 11.5 Å². The van der Waals surface area contributed by atoms with Crippen LogP contribution in [0.4, 0.5) is 0 Å². The minimum absolute atomic E-state index is 0.445. The molecule has 0 aliphatic carbocycles. The topological polar surface area (TPSA) is 106 Å². The van der Waals surface area contributed by atoms with Gasteiger partial charge >= 0.3 is 0 Å². The molecule has 0 radical (unpaired) electrons. The number of carbonyl (C=O) groups is 1. The van der Waals surface area contributed by atoms with Crippen molar-refractivity contribution in [2.45, 2.75) is 20.0 Å². The Morgan fingerprint density at radius 3 is 2.61 bits per heavy atom. The number of hydrogen-bond acceptors (Lipinski definition) is 4. The number of amides is 1. The Bertz CT molecular complexity index is 976. The average molecular weight is 377 g/mol. The fraction of sp³-hybridized carbons (Fsp3) is 0.190. The van der Waals surface area contributed by atoms with Crippen LogP contribution in [0.1, 0.15) is 27.2 Å². The van der Waals surface area contributed by atoms with Crippen molar-refractivity contribution >= 4 is 11.9 Å². The van der Waals surface area contributed by atoms with Crippen molar-refractivity contribution in [2.75, 3.05) is 7.05 Å². The number of nitrogens with zero attached hydrogens (tertiary/aromatic N) is 2. The van der Waals surface area contributed by atoms with Crippen LogP contribution >= 0.6 is 0 Å². The molecule has 0 aliphatic rings. The first-order valence-corrected chi connectivity index (χ1v) is 8.90. The van der Waals surface area contributed by atoms with Crippen LogP contribution in [-0.2, 0) is 13.1 Å². The summed E-state index contributed by atoms with van der Waals surface area (Å²) >= 11 is 0. The van der Waals surface area contributed by atoms with E-state index in [9.17, 15) is 4.79 Å². The summed E-state index contributed by atoms with van der Waals surface area (Å²) in [5, 5.41) is 6.39. The summed E-state index contributed by atoms with van der Waals surface area (Å²) in [4.78, 5) is 20.0. The highest BCUT2D eigenvalue weighted by Crippen LogP contribution is 2.18. The van der Waals surface area contributed by atoms with Gasteiger partial charge in [-0.1, -0.05) is 29.8 Å². The van der Waals surface area contributed by atoms with Crippen LogP contribution in [-0.4, -0.2) is 23.9 Å². The Labute approximate surface area is 163 Å². The number of oxazole rings is 1. The summed E-state index contributed by atoms with van der Waals surface area (Å²) in [5.74, 6) is 0.757. The van der Waals surface area contributed by atoms with Crippen LogP contribution in [0, 0.1) is 6.92 Å². The van der Waals surface area contributed by atoms with Gasteiger partial charge in [0.1, 0.15) is 6.26 Å². The van der Waals surface area contributed by atoms with E-state index in [0.29, 0.717) is 30.5 Å². The Balaban J connectivity index is 1.55. The van der Waals surface area contributed by atoms with Crippen molar-refractivity contribution < 1.29 is 9.21 Å². The SMILES string of the molecule is CN=C(NCc1cccc(C(N)=O)c1)NCc1coc(-c2ccc(C)cc2)n1. The maximum absolute atomic E-state index is 11.3. The van der Waals surface area contributed by atoms with Crippen LogP contribution in [0.5, 0.6) is 0 Å². The maximum atomic E-state index is 11.3. The normalized spacial score (nSPS) is 11.3. The fourth-order valence-electron chi connectivity index (χ4n) is 2.63. The first-order chi connectivity index (χ1) is 13.5. The molecule has 7 heteroatoms. The zero-order chi connectivity index (χ0) is 19.9. The molecule has 0 saturated carbocycles. The highest BCUT2D eigenvalue weighted by atomic mass is 16.3. The number of nitrogens with one attached hydrogen (secondary N) is 2. The number of aryl methyl sites for hydroxylation is 1. The molecule has 3 rings (SSSR count). The van der Waals surface area contributed by atoms with E-state index >= 15 is 0 Å². The number of rotatable bonds is 6. The average Bonchev–Trinajstić information content (AvgIpc) is 3.18. The van der Waals surface area contributed by atoms with Crippen molar-refractivity contribution in [3.05, 3.63) is 77.2 Å². The van der Waals surface area contributed by atoms with Gasteiger partial charge in [0.2, 0.25) is 11.8 Å². The van der Waals surface area contributed by atoms with Crippen molar-refractivity contribution in [3.63, 3.8) is 0 Å². The number of nitrogens with two attached hydrogens (primary N) is 1. The molecule has 28 heavy (non-hydrogen) atoms. The van der Waals surface area contributed by atoms with Gasteiger partial charge in [-0.2, -0.15) is 0 Å². The fourth-order valence-corrected chi connectivity index (χ4v) is 2.63. The lowest BCUT2D eigenvalue weighted by Crippen LogP contribution is -2.36. The summed E-state index contributed by atoms with van der Waals surface area (Å²) in [6.45, 7) is 3.02. The second kappa shape index (κ2) is 8.85. The van der Waals surface area contributed by atoms with Gasteiger partial charge in [-0.25, -0.2) is 4.98 Å². The number of hydrogen-bond donors (Lipinski definition) is 3. The third kappa shape index (κ3) is 4.97. The van der Waals surface area contributed by atoms with Crippen molar-refractivity contribution in [1.82, 2.24) is 15.6 Å². The molecular formula is C21H23N5O2. The standard InChI is InChI=1S/C21H23N5O2/c1-14-6-8-16(9-7-14)20-26-18(13-28-20)12-25-21(23-2)24-11-15-4-3-5-17(10-15)19(22)27/h3-10,13H,11-12H2,1-2H3,(H2,22,27)(H2,23,24,25). The minimum atomic E-state index is -0.445. The quantitative estimate of drug-likeness (QED) is 0.452. The van der Waals surface area contributed by atoms with Gasteiger partial charge in [0.25, 0.3) is 0 Å². The molecule has 2 aromatic carbocycles.